The van der Waals surface area contributed by atoms with Gasteiger partial charge in [-0.25, -0.2) is 0 Å². The third kappa shape index (κ3) is 5.20. The number of amidine groups is 1. The molecule has 0 spiro atoms. The van der Waals surface area contributed by atoms with Gasteiger partial charge >= 0.3 is 0 Å². The van der Waals surface area contributed by atoms with Gasteiger partial charge in [0.1, 0.15) is 0 Å². The summed E-state index contributed by atoms with van der Waals surface area (Å²) in [7, 11) is 2.84. The predicted molar refractivity (Wildman–Crippen MR) is 54.9 cm³/mol. The van der Waals surface area contributed by atoms with Gasteiger partial charge in [0.15, 0.2) is 0 Å². The lowest BCUT2D eigenvalue weighted by molar-refractivity contribution is 0.499. The minimum Gasteiger partial charge on any atom is -0.363 e. The van der Waals surface area contributed by atoms with Gasteiger partial charge in [0.25, 0.3) is 0 Å². The van der Waals surface area contributed by atoms with E-state index in [9.17, 15) is 0 Å². The van der Waals surface area contributed by atoms with Crippen molar-refractivity contribution in [3.05, 3.63) is 0 Å². The van der Waals surface area contributed by atoms with Crippen molar-refractivity contribution in [2.24, 2.45) is 4.76 Å². The molecule has 11 heavy (non-hydrogen) atoms. The van der Waals surface area contributed by atoms with Crippen LogP contribution in [0.15, 0.2) is 4.76 Å². The van der Waals surface area contributed by atoms with Crippen molar-refractivity contribution in [1.82, 2.24) is 4.90 Å². The molecule has 0 amide bonds. The van der Waals surface area contributed by atoms with Crippen LogP contribution in [-0.4, -0.2) is 30.5 Å². The first-order valence-electron chi connectivity index (χ1n) is 4.20. The summed E-state index contributed by atoms with van der Waals surface area (Å²) < 4.78 is 4.43. The second-order valence-electron chi connectivity index (χ2n) is 2.59. The van der Waals surface area contributed by atoms with Crippen molar-refractivity contribution in [3.63, 3.8) is 0 Å². The molecular weight excluding hydrogens is 155 g/mol. The Morgan fingerprint density at radius 1 is 1.45 bits per heavy atom. The highest BCUT2D eigenvalue weighted by molar-refractivity contribution is 7.36. The number of hydrogen-bond donors (Lipinski definition) is 0. The Kier molecular flexibility index (Phi) is 6.54. The Labute approximate surface area is 71.9 Å². The van der Waals surface area contributed by atoms with Gasteiger partial charge in [-0.1, -0.05) is 13.8 Å². The van der Waals surface area contributed by atoms with Crippen molar-refractivity contribution in [3.8, 4) is 0 Å². The lowest BCUT2D eigenvalue weighted by atomic mass is 10.4. The average Bonchev–Trinajstić information content (AvgIpc) is 2.00. The van der Waals surface area contributed by atoms with E-state index < -0.39 is 0 Å². The molecule has 0 aliphatic rings. The maximum absolute atomic E-state index is 4.43. The Morgan fingerprint density at radius 2 is 2.09 bits per heavy atom. The molecule has 0 radical (unpaired) electrons. The third-order valence-corrected chi connectivity index (χ3v) is 2.31. The van der Waals surface area contributed by atoms with Crippen molar-refractivity contribution < 1.29 is 0 Å². The molecule has 0 aromatic carbocycles. The molecule has 0 heterocycles. The summed E-state index contributed by atoms with van der Waals surface area (Å²) in [6, 6.07) is 0. The highest BCUT2D eigenvalue weighted by Gasteiger charge is 1.96. The summed E-state index contributed by atoms with van der Waals surface area (Å²) >= 11 is 0. The fourth-order valence-electron chi connectivity index (χ4n) is 0.776. The monoisotopic (exact) mass is 174 g/mol. The summed E-state index contributed by atoms with van der Waals surface area (Å²) in [6.45, 7) is 7.54. The van der Waals surface area contributed by atoms with Crippen LogP contribution in [0, 0.1) is 0 Å². The summed E-state index contributed by atoms with van der Waals surface area (Å²) in [5.41, 5.74) is 0. The summed E-state index contributed by atoms with van der Waals surface area (Å²) in [5.74, 6) is 1.17. The first-order chi connectivity index (χ1) is 5.22. The van der Waals surface area contributed by atoms with Gasteiger partial charge in [0.2, 0.25) is 0 Å². The first kappa shape index (κ1) is 10.9. The Balaban J connectivity index is 3.69. The molecule has 0 aliphatic carbocycles. The molecule has 0 fully saturated rings. The van der Waals surface area contributed by atoms with Crippen LogP contribution >= 0.6 is 8.73 Å². The number of hydrogen-bond acceptors (Lipinski definition) is 1. The highest BCUT2D eigenvalue weighted by Crippen LogP contribution is 2.10. The minimum atomic E-state index is 0.739. The SMILES string of the molecule is CCCN(C)C(C)=NPCC. The summed E-state index contributed by atoms with van der Waals surface area (Å²) in [4.78, 5) is 2.21. The second kappa shape index (κ2) is 6.60. The highest BCUT2D eigenvalue weighted by atomic mass is 31.1. The van der Waals surface area contributed by atoms with E-state index in [0.717, 1.165) is 21.4 Å². The van der Waals surface area contributed by atoms with Gasteiger partial charge in [-0.15, -0.1) is 0 Å². The van der Waals surface area contributed by atoms with Crippen LogP contribution < -0.4 is 0 Å². The third-order valence-electron chi connectivity index (χ3n) is 1.51. The van der Waals surface area contributed by atoms with Crippen molar-refractivity contribution >= 4 is 14.6 Å². The van der Waals surface area contributed by atoms with Gasteiger partial charge in [0.05, 0.1) is 5.84 Å². The maximum Gasteiger partial charge on any atom is 0.0992 e. The normalized spacial score (nSPS) is 12.9. The summed E-state index contributed by atoms with van der Waals surface area (Å²) in [5, 5.41) is 0. The van der Waals surface area contributed by atoms with Gasteiger partial charge < -0.3 is 4.90 Å². The number of rotatable bonds is 4. The Morgan fingerprint density at radius 3 is 2.55 bits per heavy atom. The van der Waals surface area contributed by atoms with Crippen LogP contribution in [0.2, 0.25) is 0 Å². The van der Waals surface area contributed by atoms with E-state index >= 15 is 0 Å². The zero-order valence-corrected chi connectivity index (χ0v) is 9.02. The smallest absolute Gasteiger partial charge is 0.0992 e. The molecule has 0 aliphatic heterocycles. The second-order valence-corrected chi connectivity index (χ2v) is 3.84. The first-order valence-corrected chi connectivity index (χ1v) is 5.36. The van der Waals surface area contributed by atoms with Crippen molar-refractivity contribution in [2.45, 2.75) is 27.2 Å². The molecule has 3 heteroatoms. The minimum absolute atomic E-state index is 0.739. The van der Waals surface area contributed by atoms with Crippen LogP contribution in [-0.2, 0) is 0 Å². The van der Waals surface area contributed by atoms with E-state index in [1.807, 2.05) is 0 Å². The van der Waals surface area contributed by atoms with Crippen molar-refractivity contribution in [2.75, 3.05) is 19.8 Å². The van der Waals surface area contributed by atoms with Crippen LogP contribution in [0.25, 0.3) is 0 Å². The zero-order chi connectivity index (χ0) is 8.69. The van der Waals surface area contributed by atoms with Crippen LogP contribution in [0.1, 0.15) is 27.2 Å². The average molecular weight is 174 g/mol. The van der Waals surface area contributed by atoms with E-state index in [0.29, 0.717) is 0 Å². The van der Waals surface area contributed by atoms with E-state index in [-0.39, 0.29) is 0 Å². The van der Waals surface area contributed by atoms with Gasteiger partial charge in [-0.3, -0.25) is 4.76 Å². The quantitative estimate of drug-likeness (QED) is 0.363. The fourth-order valence-corrected chi connectivity index (χ4v) is 1.33. The van der Waals surface area contributed by atoms with Crippen LogP contribution in [0.3, 0.4) is 0 Å². The Bertz CT molecular complexity index is 123. The molecular formula is C8H19N2P. The molecule has 1 unspecified atom stereocenters. The molecule has 0 rings (SSSR count). The van der Waals surface area contributed by atoms with Crippen LogP contribution in [0.5, 0.6) is 0 Å². The van der Waals surface area contributed by atoms with E-state index in [2.05, 4.69) is 37.5 Å². The molecule has 0 N–H and O–H groups in total. The molecule has 0 bridgehead atoms. The molecule has 0 saturated heterocycles. The predicted octanol–water partition coefficient (Wildman–Crippen LogP) is 2.36. The lowest BCUT2D eigenvalue weighted by Crippen LogP contribution is -2.24. The number of nitrogens with zero attached hydrogens (tertiary/aromatic N) is 2. The van der Waals surface area contributed by atoms with Gasteiger partial charge in [0, 0.05) is 22.3 Å². The summed E-state index contributed by atoms with van der Waals surface area (Å²) in [6.07, 6.45) is 2.36. The zero-order valence-electron chi connectivity index (χ0n) is 8.02. The van der Waals surface area contributed by atoms with Crippen molar-refractivity contribution in [1.29, 1.82) is 0 Å². The van der Waals surface area contributed by atoms with Gasteiger partial charge in [-0.05, 0) is 19.5 Å². The molecule has 2 nitrogen and oxygen atoms in total. The molecule has 0 aromatic heterocycles. The standard InChI is InChI=1S/C8H19N2P/c1-5-7-10(4)8(3)9-11-6-2/h11H,5-7H2,1-4H3. The fraction of sp³-hybridized carbons (Fsp3) is 0.875. The maximum atomic E-state index is 4.43. The van der Waals surface area contributed by atoms with Crippen LogP contribution in [0.4, 0.5) is 0 Å². The van der Waals surface area contributed by atoms with Gasteiger partial charge in [-0.2, -0.15) is 0 Å². The largest absolute Gasteiger partial charge is 0.363 e. The van der Waals surface area contributed by atoms with E-state index in [4.69, 9.17) is 0 Å². The molecule has 1 atom stereocenters. The lowest BCUT2D eigenvalue weighted by Gasteiger charge is -2.16. The topological polar surface area (TPSA) is 15.6 Å². The molecule has 66 valence electrons. The molecule has 0 saturated carbocycles. The Hall–Kier alpha value is -0.100. The van der Waals surface area contributed by atoms with E-state index in [1.54, 1.807) is 0 Å². The van der Waals surface area contributed by atoms with E-state index in [1.165, 1.54) is 12.3 Å². The molecule has 0 aromatic rings.